The first-order chi connectivity index (χ1) is 11.3. The van der Waals surface area contributed by atoms with E-state index in [1.165, 1.54) is 24.9 Å². The minimum atomic E-state index is 0.0658. The van der Waals surface area contributed by atoms with Gasteiger partial charge in [0, 0.05) is 25.6 Å². The molecule has 0 unspecified atom stereocenters. The van der Waals surface area contributed by atoms with Crippen molar-refractivity contribution >= 4 is 5.91 Å². The number of rotatable bonds is 4. The molecule has 3 aliphatic heterocycles. The van der Waals surface area contributed by atoms with Gasteiger partial charge in [-0.05, 0) is 36.6 Å². The second-order valence-electron chi connectivity index (χ2n) is 6.77. The molecule has 0 aromatic heterocycles. The third-order valence-electron chi connectivity index (χ3n) is 5.11. The molecule has 2 fully saturated rings. The number of benzene rings is 1. The van der Waals surface area contributed by atoms with Gasteiger partial charge in [-0.1, -0.05) is 12.1 Å². The van der Waals surface area contributed by atoms with Crippen LogP contribution < -0.4 is 10.1 Å². The first kappa shape index (κ1) is 15.0. The molecule has 0 aliphatic carbocycles. The van der Waals surface area contributed by atoms with Crippen LogP contribution in [0.15, 0.2) is 18.2 Å². The second kappa shape index (κ2) is 6.49. The minimum absolute atomic E-state index is 0.0658. The Morgan fingerprint density at radius 3 is 3.30 bits per heavy atom. The molecule has 5 nitrogen and oxygen atoms in total. The zero-order valence-corrected chi connectivity index (χ0v) is 13.4. The SMILES string of the molecule is O=C(Cc1ccc2c(c1)CCO2)NC[C@@H]1CN2CCC[C@@H]2CO1. The summed E-state index contributed by atoms with van der Waals surface area (Å²) in [5, 5.41) is 3.03. The summed E-state index contributed by atoms with van der Waals surface area (Å²) in [6, 6.07) is 6.65. The maximum atomic E-state index is 12.2. The molecular weight excluding hydrogens is 292 g/mol. The summed E-state index contributed by atoms with van der Waals surface area (Å²) in [7, 11) is 0. The van der Waals surface area contributed by atoms with E-state index in [4.69, 9.17) is 9.47 Å². The largest absolute Gasteiger partial charge is 0.493 e. The molecule has 1 aromatic rings. The van der Waals surface area contributed by atoms with Crippen LogP contribution in [0.2, 0.25) is 0 Å². The predicted molar refractivity (Wildman–Crippen MR) is 86.7 cm³/mol. The first-order valence-corrected chi connectivity index (χ1v) is 8.65. The van der Waals surface area contributed by atoms with E-state index >= 15 is 0 Å². The third kappa shape index (κ3) is 3.35. The zero-order valence-electron chi connectivity index (χ0n) is 13.4. The van der Waals surface area contributed by atoms with Gasteiger partial charge >= 0.3 is 0 Å². The van der Waals surface area contributed by atoms with Crippen molar-refractivity contribution in [2.75, 3.05) is 32.8 Å². The molecule has 5 heteroatoms. The van der Waals surface area contributed by atoms with Crippen molar-refractivity contribution in [3.8, 4) is 5.75 Å². The Labute approximate surface area is 136 Å². The highest BCUT2D eigenvalue weighted by molar-refractivity contribution is 5.78. The summed E-state index contributed by atoms with van der Waals surface area (Å²) >= 11 is 0. The average molecular weight is 316 g/mol. The zero-order chi connectivity index (χ0) is 15.6. The van der Waals surface area contributed by atoms with Crippen molar-refractivity contribution < 1.29 is 14.3 Å². The Hall–Kier alpha value is -1.59. The maximum absolute atomic E-state index is 12.2. The van der Waals surface area contributed by atoms with Gasteiger partial charge < -0.3 is 14.8 Å². The Bertz CT molecular complexity index is 590. The highest BCUT2D eigenvalue weighted by Crippen LogP contribution is 2.26. The minimum Gasteiger partial charge on any atom is -0.493 e. The normalized spacial score (nSPS) is 26.4. The second-order valence-corrected chi connectivity index (χ2v) is 6.77. The van der Waals surface area contributed by atoms with Crippen LogP contribution in [0.1, 0.15) is 24.0 Å². The number of amides is 1. The van der Waals surface area contributed by atoms with Gasteiger partial charge in [-0.15, -0.1) is 0 Å². The summed E-state index contributed by atoms with van der Waals surface area (Å²) in [4.78, 5) is 14.7. The van der Waals surface area contributed by atoms with Gasteiger partial charge in [0.1, 0.15) is 5.75 Å². The summed E-state index contributed by atoms with van der Waals surface area (Å²) in [5.41, 5.74) is 2.27. The van der Waals surface area contributed by atoms with Gasteiger partial charge in [0.2, 0.25) is 5.91 Å². The highest BCUT2D eigenvalue weighted by Gasteiger charge is 2.32. The first-order valence-electron chi connectivity index (χ1n) is 8.65. The van der Waals surface area contributed by atoms with E-state index in [-0.39, 0.29) is 12.0 Å². The lowest BCUT2D eigenvalue weighted by atomic mass is 10.1. The van der Waals surface area contributed by atoms with Crippen molar-refractivity contribution in [3.63, 3.8) is 0 Å². The average Bonchev–Trinajstić information content (AvgIpc) is 3.20. The number of hydrogen-bond acceptors (Lipinski definition) is 4. The van der Waals surface area contributed by atoms with Gasteiger partial charge in [0.05, 0.1) is 25.7 Å². The molecule has 3 aliphatic rings. The standard InChI is InChI=1S/C18H24N2O3/c21-18(9-13-3-4-17-14(8-13)5-7-22-17)19-10-16-11-20-6-1-2-15(20)12-23-16/h3-4,8,15-16H,1-2,5-7,9-12H2,(H,19,21)/t15-,16-/m1/s1. The van der Waals surface area contributed by atoms with Gasteiger partial charge in [-0.25, -0.2) is 0 Å². The van der Waals surface area contributed by atoms with E-state index in [0.717, 1.165) is 37.5 Å². The fraction of sp³-hybridized carbons (Fsp3) is 0.611. The molecule has 23 heavy (non-hydrogen) atoms. The smallest absolute Gasteiger partial charge is 0.224 e. The number of ether oxygens (including phenoxy) is 2. The molecule has 0 radical (unpaired) electrons. The Kier molecular flexibility index (Phi) is 4.23. The number of nitrogens with one attached hydrogen (secondary N) is 1. The Morgan fingerprint density at radius 2 is 2.35 bits per heavy atom. The van der Waals surface area contributed by atoms with Crippen LogP contribution in [0, 0.1) is 0 Å². The molecular formula is C18H24N2O3. The summed E-state index contributed by atoms with van der Waals surface area (Å²) in [5.74, 6) is 1.03. The monoisotopic (exact) mass is 316 g/mol. The lowest BCUT2D eigenvalue weighted by molar-refractivity contribution is -0.121. The Morgan fingerprint density at radius 1 is 1.39 bits per heavy atom. The molecule has 1 amide bonds. The highest BCUT2D eigenvalue weighted by atomic mass is 16.5. The van der Waals surface area contributed by atoms with Crippen LogP contribution in [-0.4, -0.2) is 55.8 Å². The van der Waals surface area contributed by atoms with Crippen LogP contribution in [0.25, 0.3) is 0 Å². The van der Waals surface area contributed by atoms with Crippen molar-refractivity contribution in [1.82, 2.24) is 10.2 Å². The third-order valence-corrected chi connectivity index (χ3v) is 5.11. The van der Waals surface area contributed by atoms with E-state index in [9.17, 15) is 4.79 Å². The molecule has 1 N–H and O–H groups in total. The maximum Gasteiger partial charge on any atom is 0.224 e. The van der Waals surface area contributed by atoms with Gasteiger partial charge in [0.25, 0.3) is 0 Å². The predicted octanol–water partition coefficient (Wildman–Crippen LogP) is 1.14. The fourth-order valence-corrected chi connectivity index (χ4v) is 3.83. The lowest BCUT2D eigenvalue weighted by Gasteiger charge is -2.35. The van der Waals surface area contributed by atoms with Crippen molar-refractivity contribution in [2.24, 2.45) is 0 Å². The van der Waals surface area contributed by atoms with E-state index in [1.807, 2.05) is 12.1 Å². The molecule has 2 atom stereocenters. The lowest BCUT2D eigenvalue weighted by Crippen LogP contribution is -2.50. The molecule has 0 saturated carbocycles. The number of nitrogens with zero attached hydrogens (tertiary/aromatic N) is 1. The number of hydrogen-bond donors (Lipinski definition) is 1. The van der Waals surface area contributed by atoms with Crippen molar-refractivity contribution in [1.29, 1.82) is 0 Å². The summed E-state index contributed by atoms with van der Waals surface area (Å²) < 4.78 is 11.4. The number of carbonyl (C=O) groups excluding carboxylic acids is 1. The van der Waals surface area contributed by atoms with Gasteiger partial charge in [0.15, 0.2) is 0 Å². The van der Waals surface area contributed by atoms with Crippen LogP contribution in [0.5, 0.6) is 5.75 Å². The van der Waals surface area contributed by atoms with E-state index in [2.05, 4.69) is 16.3 Å². The Balaban J connectivity index is 1.25. The van der Waals surface area contributed by atoms with Crippen molar-refractivity contribution in [3.05, 3.63) is 29.3 Å². The number of morpholine rings is 1. The van der Waals surface area contributed by atoms with E-state index in [1.54, 1.807) is 0 Å². The van der Waals surface area contributed by atoms with E-state index in [0.29, 0.717) is 19.0 Å². The van der Waals surface area contributed by atoms with Crippen molar-refractivity contribution in [2.45, 2.75) is 37.8 Å². The molecule has 124 valence electrons. The molecule has 3 heterocycles. The topological polar surface area (TPSA) is 50.8 Å². The molecule has 0 bridgehead atoms. The molecule has 1 aromatic carbocycles. The van der Waals surface area contributed by atoms with Gasteiger partial charge in [-0.2, -0.15) is 0 Å². The fourth-order valence-electron chi connectivity index (χ4n) is 3.83. The number of fused-ring (bicyclic) bond motifs is 2. The van der Waals surface area contributed by atoms with Crippen LogP contribution >= 0.6 is 0 Å². The summed E-state index contributed by atoms with van der Waals surface area (Å²) in [6.07, 6.45) is 4.02. The summed E-state index contributed by atoms with van der Waals surface area (Å²) in [6.45, 7) is 4.29. The molecule has 0 spiro atoms. The quantitative estimate of drug-likeness (QED) is 0.905. The molecule has 4 rings (SSSR count). The van der Waals surface area contributed by atoms with Crippen LogP contribution in [0.4, 0.5) is 0 Å². The number of carbonyl (C=O) groups is 1. The molecule has 2 saturated heterocycles. The van der Waals surface area contributed by atoms with Gasteiger partial charge in [-0.3, -0.25) is 9.69 Å². The van der Waals surface area contributed by atoms with Crippen LogP contribution in [-0.2, 0) is 22.4 Å². The van der Waals surface area contributed by atoms with E-state index < -0.39 is 0 Å². The van der Waals surface area contributed by atoms with Crippen LogP contribution in [0.3, 0.4) is 0 Å².